The lowest BCUT2D eigenvalue weighted by Crippen LogP contribution is -2.56. The zero-order valence-electron chi connectivity index (χ0n) is 26.6. The number of hydrogen-bond acceptors (Lipinski definition) is 5. The minimum atomic E-state index is -0.704. The first-order valence-electron chi connectivity index (χ1n) is 16.1. The van der Waals surface area contributed by atoms with E-state index >= 15 is 4.39 Å². The van der Waals surface area contributed by atoms with Crippen LogP contribution in [0, 0.1) is 5.82 Å². The van der Waals surface area contributed by atoms with Crippen LogP contribution in [-0.4, -0.2) is 90.3 Å². The number of benzene rings is 3. The van der Waals surface area contributed by atoms with Crippen LogP contribution in [0.15, 0.2) is 72.8 Å². The highest BCUT2D eigenvalue weighted by molar-refractivity contribution is 6.30. The Balaban J connectivity index is 1.29. The van der Waals surface area contributed by atoms with Crippen molar-refractivity contribution in [2.45, 2.75) is 51.4 Å². The van der Waals surface area contributed by atoms with E-state index < -0.39 is 6.04 Å². The van der Waals surface area contributed by atoms with Crippen LogP contribution in [-0.2, 0) is 22.6 Å². The molecule has 7 nitrogen and oxygen atoms in total. The lowest BCUT2D eigenvalue weighted by molar-refractivity contribution is -0.138. The second kappa shape index (κ2) is 15.3. The Hall–Kier alpha value is -3.30. The molecule has 2 aliphatic heterocycles. The second-order valence-electron chi connectivity index (χ2n) is 12.2. The normalized spacial score (nSPS) is 18.5. The van der Waals surface area contributed by atoms with Gasteiger partial charge in [-0.2, -0.15) is 0 Å². The summed E-state index contributed by atoms with van der Waals surface area (Å²) in [5, 5.41) is 3.73. The van der Waals surface area contributed by atoms with E-state index in [9.17, 15) is 9.59 Å². The van der Waals surface area contributed by atoms with Crippen molar-refractivity contribution in [1.29, 1.82) is 0 Å². The molecule has 2 amide bonds. The summed E-state index contributed by atoms with van der Waals surface area (Å²) in [5.41, 5.74) is 4.02. The molecule has 1 N–H and O–H groups in total. The number of amides is 2. The smallest absolute Gasteiger partial charge is 0.245 e. The Kier molecular flexibility index (Phi) is 11.3. The second-order valence-corrected chi connectivity index (χ2v) is 12.6. The van der Waals surface area contributed by atoms with Crippen LogP contribution in [0.5, 0.6) is 0 Å². The molecule has 9 heteroatoms. The highest BCUT2D eigenvalue weighted by Gasteiger charge is 2.34. The minimum absolute atomic E-state index is 0.0304. The third kappa shape index (κ3) is 8.11. The molecule has 3 aromatic carbocycles. The molecular weight excluding hydrogens is 589 g/mol. The number of likely N-dealkylation sites (N-methyl/N-ethyl adjacent to an activating group) is 1. The number of hydrogen-bond donors (Lipinski definition) is 1. The Morgan fingerprint density at radius 1 is 0.956 bits per heavy atom. The van der Waals surface area contributed by atoms with Crippen LogP contribution in [0.2, 0.25) is 5.02 Å². The Morgan fingerprint density at radius 2 is 1.62 bits per heavy atom. The number of carbonyl (C=O) groups excluding carboxylic acids is 2. The van der Waals surface area contributed by atoms with Crippen LogP contribution in [0.1, 0.15) is 54.6 Å². The SMILES string of the molecule is CCN(CC)CC(c1ccccc1F)N1CCN(C(=O)[C@@H](Cc2ccc(Cl)cc2)NC(=O)CC2c3ccccc3CN2C)CC1. The zero-order valence-corrected chi connectivity index (χ0v) is 27.3. The number of nitrogens with one attached hydrogen (secondary N) is 1. The summed E-state index contributed by atoms with van der Waals surface area (Å²) in [6.45, 7) is 9.79. The predicted molar refractivity (Wildman–Crippen MR) is 177 cm³/mol. The summed E-state index contributed by atoms with van der Waals surface area (Å²) in [5.74, 6) is -0.438. The molecule has 0 radical (unpaired) electrons. The largest absolute Gasteiger partial charge is 0.344 e. The average molecular weight is 634 g/mol. The molecule has 0 aliphatic carbocycles. The molecule has 5 rings (SSSR count). The van der Waals surface area contributed by atoms with Gasteiger partial charge < -0.3 is 15.1 Å². The van der Waals surface area contributed by atoms with Gasteiger partial charge in [0, 0.05) is 68.7 Å². The average Bonchev–Trinajstić information content (AvgIpc) is 3.37. The number of piperazine rings is 1. The summed E-state index contributed by atoms with van der Waals surface area (Å²) in [6.07, 6.45) is 0.653. The molecule has 3 atom stereocenters. The molecule has 2 unspecified atom stereocenters. The molecule has 3 aromatic rings. The third-order valence-electron chi connectivity index (χ3n) is 9.39. The van der Waals surface area contributed by atoms with Crippen molar-refractivity contribution in [3.8, 4) is 0 Å². The van der Waals surface area contributed by atoms with Gasteiger partial charge >= 0.3 is 0 Å². The fourth-order valence-electron chi connectivity index (χ4n) is 6.73. The van der Waals surface area contributed by atoms with Crippen molar-refractivity contribution in [1.82, 2.24) is 24.9 Å². The molecule has 240 valence electrons. The van der Waals surface area contributed by atoms with Crippen LogP contribution in [0.25, 0.3) is 0 Å². The standard InChI is InChI=1S/C36H45ClFN5O2/c1-4-41(5-2)25-34(30-12-8-9-13-31(30)38)42-18-20-43(21-19-42)36(45)32(22-26-14-16-28(37)17-15-26)39-35(44)23-33-29-11-7-6-10-27(29)24-40(33)3/h6-17,32-34H,4-5,18-25H2,1-3H3,(H,39,44)/t32-,33?,34?/m1/s1. The quantitative estimate of drug-likeness (QED) is 0.293. The lowest BCUT2D eigenvalue weighted by atomic mass is 10.0. The maximum atomic E-state index is 15.0. The van der Waals surface area contributed by atoms with Gasteiger partial charge in [-0.3, -0.25) is 19.4 Å². The van der Waals surface area contributed by atoms with Gasteiger partial charge in [-0.05, 0) is 55.0 Å². The van der Waals surface area contributed by atoms with Gasteiger partial charge in [0.1, 0.15) is 11.9 Å². The van der Waals surface area contributed by atoms with Crippen LogP contribution in [0.4, 0.5) is 4.39 Å². The van der Waals surface area contributed by atoms with Gasteiger partial charge in [-0.1, -0.05) is 80.0 Å². The maximum absolute atomic E-state index is 15.0. The Labute approximate surface area is 271 Å². The van der Waals surface area contributed by atoms with Gasteiger partial charge in [0.05, 0.1) is 6.04 Å². The molecule has 0 aromatic heterocycles. The van der Waals surface area contributed by atoms with E-state index in [1.54, 1.807) is 6.07 Å². The van der Waals surface area contributed by atoms with Gasteiger partial charge in [0.15, 0.2) is 0 Å². The number of fused-ring (bicyclic) bond motifs is 1. The lowest BCUT2D eigenvalue weighted by Gasteiger charge is -2.42. The van der Waals surface area contributed by atoms with Gasteiger partial charge in [-0.25, -0.2) is 4.39 Å². The highest BCUT2D eigenvalue weighted by Crippen LogP contribution is 2.34. The maximum Gasteiger partial charge on any atom is 0.245 e. The van der Waals surface area contributed by atoms with Gasteiger partial charge in [0.2, 0.25) is 11.8 Å². The predicted octanol–water partition coefficient (Wildman–Crippen LogP) is 5.31. The molecule has 0 bridgehead atoms. The van der Waals surface area contributed by atoms with E-state index in [1.807, 2.05) is 60.5 Å². The zero-order chi connectivity index (χ0) is 31.9. The van der Waals surface area contributed by atoms with Crippen molar-refractivity contribution in [2.24, 2.45) is 0 Å². The van der Waals surface area contributed by atoms with E-state index in [1.165, 1.54) is 17.2 Å². The van der Waals surface area contributed by atoms with Crippen molar-refractivity contribution in [2.75, 3.05) is 52.9 Å². The first kappa shape index (κ1) is 33.1. The molecular formula is C36H45ClFN5O2. The molecule has 0 saturated carbocycles. The molecule has 45 heavy (non-hydrogen) atoms. The van der Waals surface area contributed by atoms with Gasteiger partial charge in [-0.15, -0.1) is 0 Å². The number of halogens is 2. The summed E-state index contributed by atoms with van der Waals surface area (Å²) in [4.78, 5) is 36.2. The van der Waals surface area contributed by atoms with Crippen molar-refractivity contribution >= 4 is 23.4 Å². The Bertz CT molecular complexity index is 1440. The van der Waals surface area contributed by atoms with Crippen molar-refractivity contribution in [3.05, 3.63) is 106 Å². The van der Waals surface area contributed by atoms with E-state index in [4.69, 9.17) is 11.6 Å². The molecule has 1 fully saturated rings. The van der Waals surface area contributed by atoms with Crippen LogP contribution < -0.4 is 5.32 Å². The molecule has 2 aliphatic rings. The minimum Gasteiger partial charge on any atom is -0.344 e. The van der Waals surface area contributed by atoms with Crippen molar-refractivity contribution < 1.29 is 14.0 Å². The van der Waals surface area contributed by atoms with Crippen LogP contribution in [0.3, 0.4) is 0 Å². The monoisotopic (exact) mass is 633 g/mol. The first-order chi connectivity index (χ1) is 21.8. The topological polar surface area (TPSA) is 59.1 Å². The summed E-state index contributed by atoms with van der Waals surface area (Å²) in [6, 6.07) is 21.8. The number of rotatable bonds is 12. The van der Waals surface area contributed by atoms with Crippen LogP contribution >= 0.6 is 11.6 Å². The van der Waals surface area contributed by atoms with Crippen molar-refractivity contribution in [3.63, 3.8) is 0 Å². The summed E-state index contributed by atoms with van der Waals surface area (Å²) < 4.78 is 15.0. The summed E-state index contributed by atoms with van der Waals surface area (Å²) in [7, 11) is 2.03. The Morgan fingerprint density at radius 3 is 2.31 bits per heavy atom. The highest BCUT2D eigenvalue weighted by atomic mass is 35.5. The number of nitrogens with zero attached hydrogens (tertiary/aromatic N) is 4. The fraction of sp³-hybridized carbons (Fsp3) is 0.444. The first-order valence-corrected chi connectivity index (χ1v) is 16.5. The van der Waals surface area contributed by atoms with Gasteiger partial charge in [0.25, 0.3) is 0 Å². The molecule has 0 spiro atoms. The third-order valence-corrected chi connectivity index (χ3v) is 9.64. The fourth-order valence-corrected chi connectivity index (χ4v) is 6.85. The van der Waals surface area contributed by atoms with E-state index in [-0.39, 0.29) is 36.1 Å². The summed E-state index contributed by atoms with van der Waals surface area (Å²) >= 11 is 6.13. The van der Waals surface area contributed by atoms with E-state index in [2.05, 4.69) is 46.0 Å². The number of carbonyl (C=O) groups is 2. The molecule has 1 saturated heterocycles. The van der Waals surface area contributed by atoms with E-state index in [0.29, 0.717) is 43.2 Å². The molecule has 2 heterocycles. The van der Waals surface area contributed by atoms with E-state index in [0.717, 1.165) is 31.7 Å².